The fourth-order valence-corrected chi connectivity index (χ4v) is 4.70. The Hall–Kier alpha value is -5.18. The normalized spacial score (nSPS) is 10.9. The average Bonchev–Trinajstić information content (AvgIpc) is 2.98. The summed E-state index contributed by atoms with van der Waals surface area (Å²) in [6.45, 7) is 7.48. The van der Waals surface area contributed by atoms with E-state index >= 15 is 0 Å². The van der Waals surface area contributed by atoms with E-state index in [2.05, 4.69) is 15.6 Å². The third kappa shape index (κ3) is 7.56. The number of likely N-dealkylation sites (N-methyl/N-ethyl adjacent to an activating group) is 1. The Balaban J connectivity index is 1.39. The number of ether oxygens (including phenoxy) is 2. The summed E-state index contributed by atoms with van der Waals surface area (Å²) in [4.78, 5) is 43.0. The topological polar surface area (TPSA) is 110 Å². The number of aromatic nitrogens is 1. The Morgan fingerprint density at radius 1 is 0.977 bits per heavy atom. The molecule has 9 nitrogen and oxygen atoms in total. The lowest BCUT2D eigenvalue weighted by atomic mass is 10.0. The number of amides is 3. The fourth-order valence-electron chi connectivity index (χ4n) is 4.70. The second-order valence-corrected chi connectivity index (χ2v) is 10.2. The van der Waals surface area contributed by atoms with Gasteiger partial charge in [-0.2, -0.15) is 0 Å². The zero-order valence-corrected chi connectivity index (χ0v) is 25.3. The molecule has 0 spiro atoms. The summed E-state index contributed by atoms with van der Waals surface area (Å²) in [7, 11) is 3.19. The fraction of sp³-hybridized carbons (Fsp3) is 0.235. The highest BCUT2D eigenvalue weighted by Gasteiger charge is 2.17. The van der Waals surface area contributed by atoms with E-state index in [1.807, 2.05) is 63.2 Å². The molecule has 0 bridgehead atoms. The molecule has 0 radical (unpaired) electrons. The van der Waals surface area contributed by atoms with Gasteiger partial charge in [-0.1, -0.05) is 30.3 Å². The number of anilines is 2. The molecule has 0 aliphatic rings. The van der Waals surface area contributed by atoms with Gasteiger partial charge in [-0.25, -0.2) is 4.98 Å². The highest BCUT2D eigenvalue weighted by Crippen LogP contribution is 2.29. The summed E-state index contributed by atoms with van der Waals surface area (Å²) < 4.78 is 11.6. The molecule has 3 aromatic carbocycles. The molecule has 222 valence electrons. The van der Waals surface area contributed by atoms with Gasteiger partial charge < -0.3 is 25.0 Å². The van der Waals surface area contributed by atoms with Gasteiger partial charge >= 0.3 is 0 Å². The van der Waals surface area contributed by atoms with Crippen molar-refractivity contribution in [1.29, 1.82) is 0 Å². The maximum atomic E-state index is 13.0. The van der Waals surface area contributed by atoms with Crippen LogP contribution in [-0.2, 0) is 21.0 Å². The number of pyridine rings is 1. The Labute approximate surface area is 251 Å². The molecule has 0 aliphatic heterocycles. The number of para-hydroxylation sites is 1. The van der Waals surface area contributed by atoms with Crippen molar-refractivity contribution in [3.63, 3.8) is 0 Å². The van der Waals surface area contributed by atoms with Gasteiger partial charge in [0, 0.05) is 36.8 Å². The van der Waals surface area contributed by atoms with Crippen LogP contribution < -0.4 is 25.0 Å². The zero-order valence-electron chi connectivity index (χ0n) is 25.3. The summed E-state index contributed by atoms with van der Waals surface area (Å²) in [5, 5.41) is 6.34. The molecule has 0 fully saturated rings. The number of nitrogens with zero attached hydrogens (tertiary/aromatic N) is 2. The van der Waals surface area contributed by atoms with Gasteiger partial charge in [0.05, 0.1) is 19.3 Å². The van der Waals surface area contributed by atoms with Crippen LogP contribution in [0.2, 0.25) is 0 Å². The molecule has 2 N–H and O–H groups in total. The van der Waals surface area contributed by atoms with Crippen LogP contribution in [0.1, 0.15) is 34.9 Å². The van der Waals surface area contributed by atoms with Gasteiger partial charge in [0.25, 0.3) is 0 Å². The van der Waals surface area contributed by atoms with E-state index in [0.717, 1.165) is 39.0 Å². The Morgan fingerprint density at radius 3 is 2.51 bits per heavy atom. The number of carbonyl (C=O) groups excluding carboxylic acids is 3. The summed E-state index contributed by atoms with van der Waals surface area (Å²) in [6, 6.07) is 18.9. The Morgan fingerprint density at radius 2 is 1.77 bits per heavy atom. The number of benzene rings is 3. The molecule has 0 saturated carbocycles. The minimum atomic E-state index is -0.416. The van der Waals surface area contributed by atoms with Crippen molar-refractivity contribution in [2.75, 3.05) is 30.9 Å². The molecule has 0 aliphatic carbocycles. The summed E-state index contributed by atoms with van der Waals surface area (Å²) in [5.41, 5.74) is 6.64. The highest BCUT2D eigenvalue weighted by molar-refractivity contribution is 5.99. The maximum Gasteiger partial charge on any atom is 0.246 e. The molecule has 0 unspecified atom stereocenters. The number of nitrogens with one attached hydrogen (secondary N) is 2. The average molecular weight is 581 g/mol. The molecule has 43 heavy (non-hydrogen) atoms. The molecule has 0 atom stereocenters. The van der Waals surface area contributed by atoms with E-state index in [-0.39, 0.29) is 18.4 Å². The third-order valence-electron chi connectivity index (χ3n) is 7.11. The van der Waals surface area contributed by atoms with Crippen LogP contribution in [-0.4, -0.2) is 43.4 Å². The van der Waals surface area contributed by atoms with Crippen molar-refractivity contribution >= 4 is 46.1 Å². The molecular formula is C34H36N4O5. The van der Waals surface area contributed by atoms with Gasteiger partial charge in [0.2, 0.25) is 17.7 Å². The SMILES string of the molecule is COc1cc(C=CC(=O)NCC(=O)N(C)c2ccc(C)c(COc3cccc4ccc(C)nc34)c2C)ccc1NC(C)=O. The summed E-state index contributed by atoms with van der Waals surface area (Å²) >= 11 is 0. The molecule has 1 aromatic heterocycles. The first kappa shape index (κ1) is 30.8. The number of fused-ring (bicyclic) bond motifs is 1. The Kier molecular flexibility index (Phi) is 9.77. The van der Waals surface area contributed by atoms with Crippen molar-refractivity contribution in [2.45, 2.75) is 34.3 Å². The monoisotopic (exact) mass is 580 g/mol. The van der Waals surface area contributed by atoms with Crippen molar-refractivity contribution < 1.29 is 23.9 Å². The van der Waals surface area contributed by atoms with Crippen LogP contribution in [0, 0.1) is 20.8 Å². The second-order valence-electron chi connectivity index (χ2n) is 10.2. The molecule has 4 aromatic rings. The van der Waals surface area contributed by atoms with Crippen molar-refractivity contribution in [1.82, 2.24) is 10.3 Å². The number of rotatable bonds is 10. The lowest BCUT2D eigenvalue weighted by Crippen LogP contribution is -2.38. The lowest BCUT2D eigenvalue weighted by Gasteiger charge is -2.23. The van der Waals surface area contributed by atoms with Gasteiger partial charge in [0.15, 0.2) is 0 Å². The molecule has 3 amide bonds. The number of carbonyl (C=O) groups is 3. The zero-order chi connectivity index (χ0) is 31.1. The van der Waals surface area contributed by atoms with Crippen LogP contribution in [0.25, 0.3) is 17.0 Å². The first-order chi connectivity index (χ1) is 20.6. The largest absolute Gasteiger partial charge is 0.495 e. The smallest absolute Gasteiger partial charge is 0.246 e. The molecule has 4 rings (SSSR count). The van der Waals surface area contributed by atoms with Crippen LogP contribution >= 0.6 is 0 Å². The third-order valence-corrected chi connectivity index (χ3v) is 7.11. The first-order valence-corrected chi connectivity index (χ1v) is 13.8. The first-order valence-electron chi connectivity index (χ1n) is 13.8. The van der Waals surface area contributed by atoms with Gasteiger partial charge in [-0.05, 0) is 79.4 Å². The number of hydrogen-bond acceptors (Lipinski definition) is 6. The number of hydrogen-bond donors (Lipinski definition) is 2. The van der Waals surface area contributed by atoms with E-state index in [1.165, 1.54) is 25.0 Å². The van der Waals surface area contributed by atoms with E-state index < -0.39 is 5.91 Å². The second kappa shape index (κ2) is 13.7. The molecule has 1 heterocycles. The Bertz CT molecular complexity index is 1710. The summed E-state index contributed by atoms with van der Waals surface area (Å²) in [5.74, 6) is 0.273. The van der Waals surface area contributed by atoms with Gasteiger partial charge in [0.1, 0.15) is 23.6 Å². The summed E-state index contributed by atoms with van der Waals surface area (Å²) in [6.07, 6.45) is 2.95. The minimum absolute atomic E-state index is 0.176. The number of methoxy groups -OCH3 is 1. The quantitative estimate of drug-likeness (QED) is 0.240. The van der Waals surface area contributed by atoms with Crippen LogP contribution in [0.4, 0.5) is 11.4 Å². The van der Waals surface area contributed by atoms with E-state index in [9.17, 15) is 14.4 Å². The van der Waals surface area contributed by atoms with Crippen LogP contribution in [0.3, 0.4) is 0 Å². The highest BCUT2D eigenvalue weighted by atomic mass is 16.5. The van der Waals surface area contributed by atoms with Crippen molar-refractivity contribution in [3.05, 3.63) is 94.7 Å². The standard InChI is InChI=1S/C34H36N4O5/c1-21-10-16-29(23(3)27(21)20-43-30-9-7-8-26-14-11-22(2)36-34(26)30)38(5)33(41)19-35-32(40)17-13-25-12-15-28(37-24(4)39)31(18-25)42-6/h7-18H,19-20H2,1-6H3,(H,35,40)(H,37,39). The molecular weight excluding hydrogens is 544 g/mol. The molecule has 0 saturated heterocycles. The maximum absolute atomic E-state index is 13.0. The van der Waals surface area contributed by atoms with Crippen LogP contribution in [0.5, 0.6) is 11.5 Å². The van der Waals surface area contributed by atoms with E-state index in [1.54, 1.807) is 31.3 Å². The predicted octanol–water partition coefficient (Wildman–Crippen LogP) is 5.50. The van der Waals surface area contributed by atoms with Crippen molar-refractivity contribution in [2.24, 2.45) is 0 Å². The lowest BCUT2D eigenvalue weighted by molar-refractivity contribution is -0.122. The predicted molar refractivity (Wildman–Crippen MR) is 169 cm³/mol. The van der Waals surface area contributed by atoms with Crippen LogP contribution in [0.15, 0.2) is 66.7 Å². The van der Waals surface area contributed by atoms with Gasteiger partial charge in [-0.15, -0.1) is 0 Å². The minimum Gasteiger partial charge on any atom is -0.495 e. The number of aryl methyl sites for hydroxylation is 2. The molecule has 9 heteroatoms. The van der Waals surface area contributed by atoms with Crippen molar-refractivity contribution in [3.8, 4) is 11.5 Å². The van der Waals surface area contributed by atoms with Gasteiger partial charge in [-0.3, -0.25) is 14.4 Å². The van der Waals surface area contributed by atoms with E-state index in [4.69, 9.17) is 9.47 Å². The van der Waals surface area contributed by atoms with E-state index in [0.29, 0.717) is 29.4 Å².